The molecule has 3 aromatic carbocycles. The highest BCUT2D eigenvalue weighted by atomic mass is 35.5. The average Bonchev–Trinajstić information content (AvgIpc) is 2.73. The van der Waals surface area contributed by atoms with Crippen molar-refractivity contribution in [1.29, 1.82) is 0 Å². The van der Waals surface area contributed by atoms with Crippen molar-refractivity contribution in [1.82, 2.24) is 5.32 Å². The number of rotatable bonds is 9. The predicted octanol–water partition coefficient (Wildman–Crippen LogP) is 4.50. The van der Waals surface area contributed by atoms with Gasteiger partial charge in [0.15, 0.2) is 6.61 Å². The van der Waals surface area contributed by atoms with Gasteiger partial charge in [0.2, 0.25) is 0 Å². The van der Waals surface area contributed by atoms with E-state index >= 15 is 0 Å². The summed E-state index contributed by atoms with van der Waals surface area (Å²) in [6.07, 6.45) is 0.758. The lowest BCUT2D eigenvalue weighted by molar-refractivity contribution is -0.123. The maximum absolute atomic E-state index is 12.0. The number of ether oxygens (including phenoxy) is 2. The summed E-state index contributed by atoms with van der Waals surface area (Å²) in [6.45, 7) is 0.737. The summed E-state index contributed by atoms with van der Waals surface area (Å²) >= 11 is 5.83. The maximum atomic E-state index is 12.0. The Bertz CT molecular complexity index is 882. The fourth-order valence-electron chi connectivity index (χ4n) is 2.69. The zero-order chi connectivity index (χ0) is 19.6. The molecular weight excluding hydrogens is 374 g/mol. The molecule has 0 saturated heterocycles. The molecule has 4 nitrogen and oxygen atoms in total. The number of amides is 1. The van der Waals surface area contributed by atoms with Crippen LogP contribution in [0.3, 0.4) is 0 Å². The van der Waals surface area contributed by atoms with Crippen LogP contribution < -0.4 is 14.8 Å². The van der Waals surface area contributed by atoms with Crippen LogP contribution in [0.15, 0.2) is 78.9 Å². The molecule has 0 bridgehead atoms. The normalized spacial score (nSPS) is 10.3. The van der Waals surface area contributed by atoms with E-state index in [0.717, 1.165) is 17.7 Å². The van der Waals surface area contributed by atoms with Crippen LogP contribution in [0.2, 0.25) is 5.02 Å². The van der Waals surface area contributed by atoms with E-state index in [1.54, 1.807) is 24.3 Å². The van der Waals surface area contributed by atoms with Crippen LogP contribution in [0.5, 0.6) is 11.5 Å². The van der Waals surface area contributed by atoms with Gasteiger partial charge in [-0.15, -0.1) is 0 Å². The summed E-state index contributed by atoms with van der Waals surface area (Å²) < 4.78 is 11.3. The highest BCUT2D eigenvalue weighted by Crippen LogP contribution is 2.21. The largest absolute Gasteiger partial charge is 0.492 e. The van der Waals surface area contributed by atoms with Crippen molar-refractivity contribution < 1.29 is 14.3 Å². The number of hydrogen-bond donors (Lipinski definition) is 1. The Morgan fingerprint density at radius 3 is 2.36 bits per heavy atom. The number of nitrogens with one attached hydrogen (secondary N) is 1. The van der Waals surface area contributed by atoms with E-state index in [-0.39, 0.29) is 12.5 Å². The summed E-state index contributed by atoms with van der Waals surface area (Å²) in [5.41, 5.74) is 2.25. The smallest absolute Gasteiger partial charge is 0.258 e. The van der Waals surface area contributed by atoms with E-state index in [9.17, 15) is 4.79 Å². The Kier molecular flexibility index (Phi) is 7.33. The first-order valence-electron chi connectivity index (χ1n) is 9.10. The molecule has 144 valence electrons. The SMILES string of the molecule is O=C(COc1ccccc1Cc1ccccc1)NCCOc1ccc(Cl)cc1. The van der Waals surface area contributed by atoms with E-state index in [1.807, 2.05) is 42.5 Å². The number of halogens is 1. The van der Waals surface area contributed by atoms with Crippen LogP contribution in [0.4, 0.5) is 0 Å². The van der Waals surface area contributed by atoms with Crippen LogP contribution in [0, 0.1) is 0 Å². The summed E-state index contributed by atoms with van der Waals surface area (Å²) in [6, 6.07) is 25.0. The van der Waals surface area contributed by atoms with E-state index in [1.165, 1.54) is 5.56 Å². The summed E-state index contributed by atoms with van der Waals surface area (Å²) in [5.74, 6) is 1.25. The van der Waals surface area contributed by atoms with Crippen molar-refractivity contribution in [2.75, 3.05) is 19.8 Å². The molecule has 0 aromatic heterocycles. The average molecular weight is 396 g/mol. The second kappa shape index (κ2) is 10.4. The molecule has 0 aliphatic heterocycles. The van der Waals surface area contributed by atoms with Crippen LogP contribution >= 0.6 is 11.6 Å². The molecule has 0 spiro atoms. The van der Waals surface area contributed by atoms with Gasteiger partial charge in [0.05, 0.1) is 6.54 Å². The third kappa shape index (κ3) is 6.32. The molecule has 0 atom stereocenters. The quantitative estimate of drug-likeness (QED) is 0.542. The lowest BCUT2D eigenvalue weighted by Crippen LogP contribution is -2.32. The lowest BCUT2D eigenvalue weighted by atomic mass is 10.0. The van der Waals surface area contributed by atoms with Crippen LogP contribution in [0.1, 0.15) is 11.1 Å². The summed E-state index contributed by atoms with van der Waals surface area (Å²) in [5, 5.41) is 3.45. The molecule has 1 amide bonds. The van der Waals surface area contributed by atoms with Crippen LogP contribution in [-0.4, -0.2) is 25.7 Å². The van der Waals surface area contributed by atoms with Crippen LogP contribution in [-0.2, 0) is 11.2 Å². The van der Waals surface area contributed by atoms with Crippen molar-refractivity contribution >= 4 is 17.5 Å². The van der Waals surface area contributed by atoms with Gasteiger partial charge in [-0.1, -0.05) is 60.1 Å². The third-order valence-corrected chi connectivity index (χ3v) is 4.33. The van der Waals surface area contributed by atoms with Crippen molar-refractivity contribution in [2.45, 2.75) is 6.42 Å². The Labute approximate surface area is 170 Å². The zero-order valence-corrected chi connectivity index (χ0v) is 16.2. The van der Waals surface area contributed by atoms with E-state index in [0.29, 0.717) is 23.9 Å². The van der Waals surface area contributed by atoms with Crippen molar-refractivity contribution in [3.63, 3.8) is 0 Å². The highest BCUT2D eigenvalue weighted by molar-refractivity contribution is 6.30. The minimum absolute atomic E-state index is 0.0350. The molecule has 0 saturated carbocycles. The Morgan fingerprint density at radius 2 is 1.57 bits per heavy atom. The van der Waals surface area contributed by atoms with Gasteiger partial charge in [-0.3, -0.25) is 4.79 Å². The first-order chi connectivity index (χ1) is 13.7. The van der Waals surface area contributed by atoms with Gasteiger partial charge in [0.25, 0.3) is 5.91 Å². The molecule has 28 heavy (non-hydrogen) atoms. The monoisotopic (exact) mass is 395 g/mol. The number of carbonyl (C=O) groups is 1. The van der Waals surface area contributed by atoms with Gasteiger partial charge >= 0.3 is 0 Å². The number of para-hydroxylation sites is 1. The van der Waals surface area contributed by atoms with Gasteiger partial charge in [0.1, 0.15) is 18.1 Å². The zero-order valence-electron chi connectivity index (χ0n) is 15.4. The molecule has 0 heterocycles. The molecule has 0 radical (unpaired) electrons. The number of hydrogen-bond acceptors (Lipinski definition) is 3. The molecule has 5 heteroatoms. The molecule has 0 aliphatic carbocycles. The molecule has 3 aromatic rings. The van der Waals surface area contributed by atoms with E-state index in [4.69, 9.17) is 21.1 Å². The summed E-state index contributed by atoms with van der Waals surface area (Å²) in [7, 11) is 0. The first-order valence-corrected chi connectivity index (χ1v) is 9.48. The predicted molar refractivity (Wildman–Crippen MR) is 111 cm³/mol. The van der Waals surface area contributed by atoms with Crippen LogP contribution in [0.25, 0.3) is 0 Å². The minimum atomic E-state index is -0.186. The minimum Gasteiger partial charge on any atom is -0.492 e. The van der Waals surface area contributed by atoms with Gasteiger partial charge in [-0.2, -0.15) is 0 Å². The highest BCUT2D eigenvalue weighted by Gasteiger charge is 2.07. The molecule has 1 N–H and O–H groups in total. The molecule has 0 aliphatic rings. The second-order valence-electron chi connectivity index (χ2n) is 6.21. The van der Waals surface area contributed by atoms with Gasteiger partial charge in [0, 0.05) is 11.4 Å². The van der Waals surface area contributed by atoms with Gasteiger partial charge < -0.3 is 14.8 Å². The van der Waals surface area contributed by atoms with Gasteiger partial charge in [-0.25, -0.2) is 0 Å². The molecule has 3 rings (SSSR count). The van der Waals surface area contributed by atoms with Gasteiger partial charge in [-0.05, 0) is 41.5 Å². The van der Waals surface area contributed by atoms with Crippen molar-refractivity contribution in [3.05, 3.63) is 95.0 Å². The molecular formula is C23H22ClNO3. The number of carbonyl (C=O) groups excluding carboxylic acids is 1. The first kappa shape index (κ1) is 19.8. The van der Waals surface area contributed by atoms with E-state index in [2.05, 4.69) is 17.4 Å². The topological polar surface area (TPSA) is 47.6 Å². The van der Waals surface area contributed by atoms with E-state index < -0.39 is 0 Å². The molecule has 0 unspecified atom stereocenters. The Morgan fingerprint density at radius 1 is 0.857 bits per heavy atom. The summed E-state index contributed by atoms with van der Waals surface area (Å²) in [4.78, 5) is 12.0. The lowest BCUT2D eigenvalue weighted by Gasteiger charge is -2.12. The fourth-order valence-corrected chi connectivity index (χ4v) is 2.82. The van der Waals surface area contributed by atoms with Crippen molar-refractivity contribution in [2.24, 2.45) is 0 Å². The number of benzene rings is 3. The fraction of sp³-hybridized carbons (Fsp3) is 0.174. The Hall–Kier alpha value is -2.98. The van der Waals surface area contributed by atoms with Crippen molar-refractivity contribution in [3.8, 4) is 11.5 Å². The third-order valence-electron chi connectivity index (χ3n) is 4.08. The maximum Gasteiger partial charge on any atom is 0.258 e. The standard InChI is InChI=1S/C23H22ClNO3/c24-20-10-12-21(13-11-20)27-15-14-25-23(26)17-28-22-9-5-4-8-19(22)16-18-6-2-1-3-7-18/h1-13H,14-17H2,(H,25,26). The molecule has 0 fully saturated rings. The Balaban J connectivity index is 1.42. The second-order valence-corrected chi connectivity index (χ2v) is 6.65.